The lowest BCUT2D eigenvalue weighted by molar-refractivity contribution is -0.148. The molecular formula is C31H33NO6S. The van der Waals surface area contributed by atoms with E-state index in [0.29, 0.717) is 29.0 Å². The molecule has 2 unspecified atom stereocenters. The molecule has 0 spiro atoms. The lowest BCUT2D eigenvalue weighted by Gasteiger charge is -2.35. The molecule has 8 heteroatoms. The van der Waals surface area contributed by atoms with Crippen LogP contribution in [0.2, 0.25) is 0 Å². The Labute approximate surface area is 231 Å². The van der Waals surface area contributed by atoms with Crippen LogP contribution < -0.4 is 0 Å². The number of para-hydroxylation sites is 1. The molecule has 0 saturated heterocycles. The fraction of sp³-hybridized carbons (Fsp3) is 0.323. The molecule has 2 aromatic carbocycles. The minimum Gasteiger partial charge on any atom is -0.481 e. The summed E-state index contributed by atoms with van der Waals surface area (Å²) >= 11 is 1.40. The summed E-state index contributed by atoms with van der Waals surface area (Å²) in [5.74, 6) is -2.28. The largest absolute Gasteiger partial charge is 0.481 e. The molecule has 0 bridgehead atoms. The Hall–Kier alpha value is -3.75. The SMILES string of the molecule is CC(C(=O)O)c1ccc(C(=O)c2cccs2)cc1.CCc1cccc2c3c([nH]c12)C(CC)(CC(=O)O)OCC3. The van der Waals surface area contributed by atoms with Gasteiger partial charge in [-0.1, -0.05) is 62.4 Å². The van der Waals surface area contributed by atoms with Crippen LogP contribution in [0.25, 0.3) is 10.9 Å². The standard InChI is InChI=1S/C17H21NO3.C14H12O3S/c1-3-11-6-5-7-12-13-8-9-21-17(4-2,10-14(19)20)16(13)18-15(11)12;1-9(14(16)17)10-4-6-11(7-5-10)13(15)12-3-2-8-18-12/h5-7,18H,3-4,8-10H2,1-2H3,(H,19,20);2-9H,1H3,(H,16,17). The number of aromatic amines is 1. The van der Waals surface area contributed by atoms with E-state index in [0.717, 1.165) is 24.1 Å². The molecule has 0 radical (unpaired) electrons. The van der Waals surface area contributed by atoms with E-state index in [1.165, 1.54) is 27.8 Å². The van der Waals surface area contributed by atoms with Crippen LogP contribution in [0.1, 0.15) is 77.2 Å². The van der Waals surface area contributed by atoms with Gasteiger partial charge in [0.2, 0.25) is 5.78 Å². The molecule has 5 rings (SSSR count). The lowest BCUT2D eigenvalue weighted by atomic mass is 9.86. The van der Waals surface area contributed by atoms with Crippen LogP contribution in [0.3, 0.4) is 0 Å². The molecule has 0 amide bonds. The van der Waals surface area contributed by atoms with Crippen molar-refractivity contribution in [3.05, 3.63) is 92.8 Å². The van der Waals surface area contributed by atoms with E-state index in [1.807, 2.05) is 18.4 Å². The maximum Gasteiger partial charge on any atom is 0.310 e. The highest BCUT2D eigenvalue weighted by molar-refractivity contribution is 7.12. The smallest absolute Gasteiger partial charge is 0.310 e. The van der Waals surface area contributed by atoms with Crippen LogP contribution in [0.15, 0.2) is 60.0 Å². The number of thiophene rings is 1. The van der Waals surface area contributed by atoms with Crippen molar-refractivity contribution < 1.29 is 29.3 Å². The fourth-order valence-corrected chi connectivity index (χ4v) is 5.79. The summed E-state index contributed by atoms with van der Waals surface area (Å²) in [4.78, 5) is 38.3. The summed E-state index contributed by atoms with van der Waals surface area (Å²) in [6.07, 6.45) is 2.45. The normalized spacial score (nSPS) is 17.1. The van der Waals surface area contributed by atoms with E-state index in [1.54, 1.807) is 37.3 Å². The maximum absolute atomic E-state index is 12.0. The van der Waals surface area contributed by atoms with Gasteiger partial charge in [-0.25, -0.2) is 0 Å². The molecule has 1 aliphatic heterocycles. The number of ether oxygens (including phenoxy) is 1. The van der Waals surface area contributed by atoms with Gasteiger partial charge in [-0.3, -0.25) is 14.4 Å². The van der Waals surface area contributed by atoms with E-state index in [-0.39, 0.29) is 12.2 Å². The van der Waals surface area contributed by atoms with Crippen molar-refractivity contribution in [1.29, 1.82) is 0 Å². The third-order valence-electron chi connectivity index (χ3n) is 7.39. The highest BCUT2D eigenvalue weighted by atomic mass is 32.1. The van der Waals surface area contributed by atoms with Gasteiger partial charge < -0.3 is 19.9 Å². The third-order valence-corrected chi connectivity index (χ3v) is 8.26. The van der Waals surface area contributed by atoms with Gasteiger partial charge in [0.25, 0.3) is 0 Å². The molecule has 2 atom stereocenters. The Morgan fingerprint density at radius 2 is 1.79 bits per heavy atom. The zero-order chi connectivity index (χ0) is 28.2. The highest BCUT2D eigenvalue weighted by Crippen LogP contribution is 2.42. The van der Waals surface area contributed by atoms with Gasteiger partial charge >= 0.3 is 11.9 Å². The van der Waals surface area contributed by atoms with Crippen molar-refractivity contribution in [3.8, 4) is 0 Å². The van der Waals surface area contributed by atoms with Crippen LogP contribution in [0.4, 0.5) is 0 Å². The monoisotopic (exact) mass is 547 g/mol. The molecule has 2 aromatic heterocycles. The second-order valence-corrected chi connectivity index (χ2v) is 10.6. The number of aliphatic carboxylic acids is 2. The molecule has 1 aliphatic rings. The van der Waals surface area contributed by atoms with Gasteiger partial charge in [0, 0.05) is 16.5 Å². The van der Waals surface area contributed by atoms with Gasteiger partial charge in [0.1, 0.15) is 5.60 Å². The van der Waals surface area contributed by atoms with Crippen molar-refractivity contribution >= 4 is 40.0 Å². The number of benzene rings is 2. The number of ketones is 1. The molecule has 0 aliphatic carbocycles. The summed E-state index contributed by atoms with van der Waals surface area (Å²) in [5.41, 5.74) is 5.16. The van der Waals surface area contributed by atoms with E-state index >= 15 is 0 Å². The average molecular weight is 548 g/mol. The fourth-order valence-electron chi connectivity index (χ4n) is 5.10. The number of hydrogen-bond acceptors (Lipinski definition) is 5. The Balaban J connectivity index is 0.000000183. The Bertz CT molecular complexity index is 1470. The second kappa shape index (κ2) is 12.0. The number of aryl methyl sites for hydroxylation is 1. The van der Waals surface area contributed by atoms with Crippen molar-refractivity contribution in [2.45, 2.75) is 58.0 Å². The molecule has 4 aromatic rings. The third kappa shape index (κ3) is 5.82. The van der Waals surface area contributed by atoms with Crippen LogP contribution >= 0.6 is 11.3 Å². The summed E-state index contributed by atoms with van der Waals surface area (Å²) in [5, 5.41) is 21.2. The number of H-pyrrole nitrogens is 1. The molecule has 204 valence electrons. The summed E-state index contributed by atoms with van der Waals surface area (Å²) in [6.45, 7) is 6.33. The molecule has 7 nitrogen and oxygen atoms in total. The number of carboxylic acid groups (broad SMARTS) is 2. The summed E-state index contributed by atoms with van der Waals surface area (Å²) in [6, 6.07) is 16.7. The number of nitrogens with one attached hydrogen (secondary N) is 1. The zero-order valence-corrected chi connectivity index (χ0v) is 23.1. The minimum absolute atomic E-state index is 0.00474. The summed E-state index contributed by atoms with van der Waals surface area (Å²) in [7, 11) is 0. The van der Waals surface area contributed by atoms with E-state index in [4.69, 9.17) is 9.84 Å². The average Bonchev–Trinajstić information content (AvgIpc) is 3.61. The minimum atomic E-state index is -0.868. The number of carbonyl (C=O) groups is 3. The predicted molar refractivity (Wildman–Crippen MR) is 152 cm³/mol. The van der Waals surface area contributed by atoms with E-state index < -0.39 is 23.5 Å². The summed E-state index contributed by atoms with van der Waals surface area (Å²) < 4.78 is 5.94. The lowest BCUT2D eigenvalue weighted by Crippen LogP contribution is -2.37. The molecule has 39 heavy (non-hydrogen) atoms. The number of aromatic nitrogens is 1. The van der Waals surface area contributed by atoms with Gasteiger partial charge in [-0.05, 0) is 54.3 Å². The van der Waals surface area contributed by atoms with E-state index in [2.05, 4.69) is 30.1 Å². The Morgan fingerprint density at radius 1 is 1.05 bits per heavy atom. The first-order valence-corrected chi connectivity index (χ1v) is 14.0. The van der Waals surface area contributed by atoms with Crippen LogP contribution in [-0.2, 0) is 32.8 Å². The van der Waals surface area contributed by atoms with Crippen molar-refractivity contribution in [1.82, 2.24) is 4.98 Å². The molecule has 3 heterocycles. The number of carbonyl (C=O) groups excluding carboxylic acids is 1. The number of hydrogen-bond donors (Lipinski definition) is 3. The molecule has 3 N–H and O–H groups in total. The van der Waals surface area contributed by atoms with Gasteiger partial charge in [0.05, 0.1) is 29.5 Å². The molecule has 0 fully saturated rings. The predicted octanol–water partition coefficient (Wildman–Crippen LogP) is 6.55. The number of carboxylic acids is 2. The van der Waals surface area contributed by atoms with Crippen LogP contribution in [0, 0.1) is 0 Å². The van der Waals surface area contributed by atoms with Gasteiger partial charge in [0.15, 0.2) is 0 Å². The van der Waals surface area contributed by atoms with E-state index in [9.17, 15) is 19.5 Å². The molecular weight excluding hydrogens is 514 g/mol. The topological polar surface area (TPSA) is 117 Å². The van der Waals surface area contributed by atoms with Crippen molar-refractivity contribution in [2.75, 3.05) is 6.61 Å². The maximum atomic E-state index is 12.0. The van der Waals surface area contributed by atoms with Crippen molar-refractivity contribution in [3.63, 3.8) is 0 Å². The first-order valence-electron chi connectivity index (χ1n) is 13.1. The van der Waals surface area contributed by atoms with Crippen LogP contribution in [0.5, 0.6) is 0 Å². The molecule has 0 saturated carbocycles. The number of rotatable bonds is 8. The quantitative estimate of drug-likeness (QED) is 0.215. The van der Waals surface area contributed by atoms with Gasteiger partial charge in [-0.15, -0.1) is 11.3 Å². The second-order valence-electron chi connectivity index (χ2n) is 9.68. The first-order chi connectivity index (χ1) is 18.7. The van der Waals surface area contributed by atoms with Crippen LogP contribution in [-0.4, -0.2) is 39.5 Å². The number of fused-ring (bicyclic) bond motifs is 3. The Kier molecular flexibility index (Phi) is 8.67. The Morgan fingerprint density at radius 3 is 2.38 bits per heavy atom. The highest BCUT2D eigenvalue weighted by Gasteiger charge is 2.40. The first kappa shape index (κ1) is 28.3. The van der Waals surface area contributed by atoms with Gasteiger partial charge in [-0.2, -0.15) is 0 Å². The zero-order valence-electron chi connectivity index (χ0n) is 22.3. The van der Waals surface area contributed by atoms with Crippen molar-refractivity contribution in [2.24, 2.45) is 0 Å².